The molecule has 0 spiro atoms. The monoisotopic (exact) mass is 231 g/mol. The number of pyridine rings is 1. The van der Waals surface area contributed by atoms with Crippen molar-refractivity contribution in [3.05, 3.63) is 17.8 Å². The molecule has 1 atom stereocenters. The van der Waals surface area contributed by atoms with Crippen molar-refractivity contribution in [2.75, 3.05) is 17.6 Å². The summed E-state index contributed by atoms with van der Waals surface area (Å²) in [5, 5.41) is 14.6. The van der Waals surface area contributed by atoms with Gasteiger partial charge in [-0.05, 0) is 25.0 Å². The number of nitrogens with two attached hydrogens (primary N) is 1. The number of aromatic nitrogens is 1. The summed E-state index contributed by atoms with van der Waals surface area (Å²) in [7, 11) is 0. The van der Waals surface area contributed by atoms with Gasteiger partial charge in [0.1, 0.15) is 17.9 Å². The Morgan fingerprint density at radius 1 is 1.59 bits per heavy atom. The van der Waals surface area contributed by atoms with Gasteiger partial charge < -0.3 is 16.4 Å². The van der Waals surface area contributed by atoms with E-state index < -0.39 is 0 Å². The zero-order valence-corrected chi connectivity index (χ0v) is 9.23. The number of piperidine rings is 1. The minimum Gasteiger partial charge on any atom is -0.396 e. The van der Waals surface area contributed by atoms with E-state index in [0.29, 0.717) is 11.5 Å². The van der Waals surface area contributed by atoms with Crippen LogP contribution in [0.2, 0.25) is 0 Å². The molecule has 88 valence electrons. The van der Waals surface area contributed by atoms with Gasteiger partial charge in [-0.2, -0.15) is 5.26 Å². The van der Waals surface area contributed by atoms with Crippen LogP contribution in [0.3, 0.4) is 0 Å². The molecule has 0 bridgehead atoms. The number of nitrogens with one attached hydrogen (secondary N) is 2. The van der Waals surface area contributed by atoms with E-state index in [2.05, 4.69) is 15.6 Å². The highest BCUT2D eigenvalue weighted by atomic mass is 16.2. The first-order valence-corrected chi connectivity index (χ1v) is 5.41. The molecular weight excluding hydrogens is 218 g/mol. The molecule has 1 aliphatic heterocycles. The van der Waals surface area contributed by atoms with Gasteiger partial charge in [-0.25, -0.2) is 4.98 Å². The lowest BCUT2D eigenvalue weighted by Crippen LogP contribution is -2.44. The van der Waals surface area contributed by atoms with Crippen LogP contribution >= 0.6 is 0 Å². The smallest absolute Gasteiger partial charge is 0.242 e. The molecule has 0 aliphatic carbocycles. The van der Waals surface area contributed by atoms with Gasteiger partial charge in [-0.1, -0.05) is 0 Å². The molecule has 1 aliphatic rings. The number of rotatable bonds is 2. The fraction of sp³-hybridized carbons (Fsp3) is 0.364. The van der Waals surface area contributed by atoms with Gasteiger partial charge in [0.25, 0.3) is 0 Å². The summed E-state index contributed by atoms with van der Waals surface area (Å²) in [6, 6.07) is 4.89. The van der Waals surface area contributed by atoms with Crippen molar-refractivity contribution in [3.63, 3.8) is 0 Å². The Labute approximate surface area is 98.8 Å². The normalized spacial score (nSPS) is 19.2. The zero-order chi connectivity index (χ0) is 12.3. The number of carbonyl (C=O) groups excluding carboxylic acids is 1. The minimum atomic E-state index is -0.286. The van der Waals surface area contributed by atoms with E-state index in [1.165, 1.54) is 0 Å². The van der Waals surface area contributed by atoms with Gasteiger partial charge in [0, 0.05) is 6.54 Å². The van der Waals surface area contributed by atoms with E-state index in [1.807, 2.05) is 6.07 Å². The van der Waals surface area contributed by atoms with Crippen molar-refractivity contribution in [2.24, 2.45) is 0 Å². The van der Waals surface area contributed by atoms with Crippen LogP contribution in [0.15, 0.2) is 12.1 Å². The van der Waals surface area contributed by atoms with Crippen LogP contribution in [0.25, 0.3) is 0 Å². The molecule has 2 rings (SSSR count). The topological polar surface area (TPSA) is 104 Å². The van der Waals surface area contributed by atoms with Crippen molar-refractivity contribution in [1.82, 2.24) is 10.3 Å². The van der Waals surface area contributed by atoms with Crippen molar-refractivity contribution in [1.29, 1.82) is 5.26 Å². The van der Waals surface area contributed by atoms with Gasteiger partial charge in [0.05, 0.1) is 5.69 Å². The average Bonchev–Trinajstić information content (AvgIpc) is 2.34. The third-order valence-corrected chi connectivity index (χ3v) is 2.64. The predicted octanol–water partition coefficient (Wildman–Crippen LogP) is 0.226. The summed E-state index contributed by atoms with van der Waals surface area (Å²) in [6.45, 7) is 0.718. The van der Waals surface area contributed by atoms with Crippen LogP contribution in [0.1, 0.15) is 18.5 Å². The molecule has 6 nitrogen and oxygen atoms in total. The largest absolute Gasteiger partial charge is 0.396 e. The summed E-state index contributed by atoms with van der Waals surface area (Å²) in [6.07, 6.45) is 1.70. The molecule has 17 heavy (non-hydrogen) atoms. The number of hydrogen-bond acceptors (Lipinski definition) is 5. The highest BCUT2D eigenvalue weighted by molar-refractivity contribution is 5.85. The van der Waals surface area contributed by atoms with Crippen LogP contribution in [0, 0.1) is 11.3 Å². The molecule has 1 amide bonds. The Balaban J connectivity index is 2.13. The Morgan fingerprint density at radius 2 is 2.41 bits per heavy atom. The third-order valence-electron chi connectivity index (χ3n) is 2.64. The molecule has 6 heteroatoms. The first-order chi connectivity index (χ1) is 8.20. The molecule has 1 fully saturated rings. The summed E-state index contributed by atoms with van der Waals surface area (Å²) in [5.74, 6) is 0.464. The molecule has 4 N–H and O–H groups in total. The van der Waals surface area contributed by atoms with Gasteiger partial charge in [-0.3, -0.25) is 4.79 Å². The first-order valence-electron chi connectivity index (χ1n) is 5.41. The Morgan fingerprint density at radius 3 is 3.12 bits per heavy atom. The number of amides is 1. The molecule has 0 saturated carbocycles. The molecule has 1 saturated heterocycles. The standard InChI is InChI=1S/C11H13N5O/c12-6-9-7(13)3-4-10(16-9)15-8-2-1-5-14-11(8)17/h3-4,8H,1-2,5,13H2,(H,14,17)(H,15,16). The SMILES string of the molecule is N#Cc1nc(NC2CCCNC2=O)ccc1N. The first kappa shape index (κ1) is 11.2. The maximum Gasteiger partial charge on any atom is 0.242 e. The van der Waals surface area contributed by atoms with Crippen LogP contribution < -0.4 is 16.4 Å². The molecule has 1 aromatic rings. The van der Waals surface area contributed by atoms with E-state index in [4.69, 9.17) is 11.0 Å². The quantitative estimate of drug-likeness (QED) is 0.675. The van der Waals surface area contributed by atoms with Crippen LogP contribution in [-0.4, -0.2) is 23.5 Å². The number of nitrogen functional groups attached to an aromatic ring is 1. The predicted molar refractivity (Wildman–Crippen MR) is 63.0 cm³/mol. The highest BCUT2D eigenvalue weighted by Gasteiger charge is 2.21. The van der Waals surface area contributed by atoms with Gasteiger partial charge in [0.15, 0.2) is 5.69 Å². The number of carbonyl (C=O) groups is 1. The van der Waals surface area contributed by atoms with E-state index >= 15 is 0 Å². The maximum absolute atomic E-state index is 11.5. The van der Waals surface area contributed by atoms with Gasteiger partial charge >= 0.3 is 0 Å². The van der Waals surface area contributed by atoms with Crippen LogP contribution in [0.5, 0.6) is 0 Å². The zero-order valence-electron chi connectivity index (χ0n) is 9.23. The number of nitriles is 1. The van der Waals surface area contributed by atoms with E-state index in [0.717, 1.165) is 19.4 Å². The Hall–Kier alpha value is -2.29. The van der Waals surface area contributed by atoms with Gasteiger partial charge in [0.2, 0.25) is 5.91 Å². The van der Waals surface area contributed by atoms with Crippen molar-refractivity contribution in [3.8, 4) is 6.07 Å². The molecule has 1 unspecified atom stereocenters. The summed E-state index contributed by atoms with van der Waals surface area (Å²) in [4.78, 5) is 15.6. The van der Waals surface area contributed by atoms with Crippen molar-refractivity contribution < 1.29 is 4.79 Å². The minimum absolute atomic E-state index is 0.0339. The molecular formula is C11H13N5O. The average molecular weight is 231 g/mol. The Kier molecular flexibility index (Phi) is 3.10. The number of hydrogen-bond donors (Lipinski definition) is 3. The second-order valence-corrected chi connectivity index (χ2v) is 3.88. The summed E-state index contributed by atoms with van der Waals surface area (Å²) >= 11 is 0. The highest BCUT2D eigenvalue weighted by Crippen LogP contribution is 2.15. The second-order valence-electron chi connectivity index (χ2n) is 3.88. The lowest BCUT2D eigenvalue weighted by Gasteiger charge is -2.23. The molecule has 0 aromatic carbocycles. The molecule has 1 aromatic heterocycles. The van der Waals surface area contributed by atoms with Crippen LogP contribution in [0.4, 0.5) is 11.5 Å². The third kappa shape index (κ3) is 2.45. The number of nitrogens with zero attached hydrogens (tertiary/aromatic N) is 2. The number of anilines is 2. The fourth-order valence-corrected chi connectivity index (χ4v) is 1.73. The lowest BCUT2D eigenvalue weighted by molar-refractivity contribution is -0.123. The maximum atomic E-state index is 11.5. The van der Waals surface area contributed by atoms with E-state index in [1.54, 1.807) is 12.1 Å². The van der Waals surface area contributed by atoms with Gasteiger partial charge in [-0.15, -0.1) is 0 Å². The van der Waals surface area contributed by atoms with Crippen molar-refractivity contribution >= 4 is 17.4 Å². The van der Waals surface area contributed by atoms with Crippen molar-refractivity contribution in [2.45, 2.75) is 18.9 Å². The fourth-order valence-electron chi connectivity index (χ4n) is 1.73. The lowest BCUT2D eigenvalue weighted by atomic mass is 10.1. The second kappa shape index (κ2) is 4.70. The summed E-state index contributed by atoms with van der Waals surface area (Å²) in [5.41, 5.74) is 6.08. The van der Waals surface area contributed by atoms with E-state index in [-0.39, 0.29) is 17.6 Å². The Bertz CT molecular complexity index is 479. The molecule has 0 radical (unpaired) electrons. The summed E-state index contributed by atoms with van der Waals surface area (Å²) < 4.78 is 0. The van der Waals surface area contributed by atoms with Crippen LogP contribution in [-0.2, 0) is 4.79 Å². The van der Waals surface area contributed by atoms with E-state index in [9.17, 15) is 4.79 Å². The molecule has 2 heterocycles.